The molecule has 0 saturated carbocycles. The molecule has 0 unspecified atom stereocenters. The van der Waals surface area contributed by atoms with Crippen LogP contribution in [0.4, 0.5) is 11.4 Å². The fourth-order valence-electron chi connectivity index (χ4n) is 4.87. The van der Waals surface area contributed by atoms with Gasteiger partial charge in [-0.3, -0.25) is 24.3 Å². The van der Waals surface area contributed by atoms with Crippen molar-refractivity contribution in [3.63, 3.8) is 0 Å². The van der Waals surface area contributed by atoms with Gasteiger partial charge >= 0.3 is 0 Å². The Morgan fingerprint density at radius 1 is 0.571 bits per heavy atom. The molecule has 7 N–H and O–H groups in total. The minimum Gasteiger partial charge on any atom is -0.378 e. The maximum atomic E-state index is 12.7. The van der Waals surface area contributed by atoms with Gasteiger partial charge in [-0.1, -0.05) is 84.9 Å². The number of aromatic amines is 1. The van der Waals surface area contributed by atoms with Crippen LogP contribution in [0.3, 0.4) is 0 Å². The molecule has 4 amide bonds. The quantitative estimate of drug-likeness (QED) is 0.105. The fourth-order valence-corrected chi connectivity index (χ4v) is 4.87. The number of nitrogens with one attached hydrogen (secondary N) is 5. The Morgan fingerprint density at radius 2 is 0.980 bits per heavy atom. The van der Waals surface area contributed by atoms with Gasteiger partial charge in [-0.05, 0) is 60.9 Å². The average molecular weight is 661 g/mol. The lowest BCUT2D eigenvalue weighted by atomic mass is 10.1. The minimum atomic E-state index is -1.38. The Balaban J connectivity index is 1.12. The van der Waals surface area contributed by atoms with Crippen LogP contribution in [0.25, 0.3) is 22.5 Å². The number of aliphatic hydroxyl groups excluding tert-OH is 2. The summed E-state index contributed by atoms with van der Waals surface area (Å²) >= 11 is 0. The van der Waals surface area contributed by atoms with Gasteiger partial charge in [-0.2, -0.15) is 5.10 Å². The van der Waals surface area contributed by atoms with Crippen molar-refractivity contribution in [2.45, 2.75) is 38.1 Å². The summed E-state index contributed by atoms with van der Waals surface area (Å²) in [6, 6.07) is 31.1. The Morgan fingerprint density at radius 3 is 1.41 bits per heavy atom. The first kappa shape index (κ1) is 34.2. The number of carbonyl (C=O) groups excluding carboxylic acids is 4. The summed E-state index contributed by atoms with van der Waals surface area (Å²) < 4.78 is 0. The summed E-state index contributed by atoms with van der Waals surface area (Å²) in [6.45, 7) is 3.07. The highest BCUT2D eigenvalue weighted by Crippen LogP contribution is 2.26. The van der Waals surface area contributed by atoms with Gasteiger partial charge in [0.15, 0.2) is 12.2 Å². The van der Waals surface area contributed by atoms with Crippen molar-refractivity contribution >= 4 is 35.0 Å². The molecule has 5 rings (SSSR count). The van der Waals surface area contributed by atoms with E-state index in [1.54, 1.807) is 97.1 Å². The van der Waals surface area contributed by atoms with Crippen LogP contribution < -0.4 is 21.3 Å². The lowest BCUT2D eigenvalue weighted by Crippen LogP contribution is -2.43. The van der Waals surface area contributed by atoms with E-state index >= 15 is 0 Å². The highest BCUT2D eigenvalue weighted by Gasteiger charge is 2.23. The third kappa shape index (κ3) is 8.83. The zero-order valence-electron chi connectivity index (χ0n) is 26.8. The van der Waals surface area contributed by atoms with Crippen molar-refractivity contribution in [1.82, 2.24) is 20.8 Å². The second kappa shape index (κ2) is 15.7. The molecule has 0 aliphatic heterocycles. The van der Waals surface area contributed by atoms with Gasteiger partial charge in [-0.15, -0.1) is 0 Å². The minimum absolute atomic E-state index is 0.432. The lowest BCUT2D eigenvalue weighted by molar-refractivity contribution is -0.132. The van der Waals surface area contributed by atoms with Gasteiger partial charge in [0.05, 0.1) is 11.4 Å². The SMILES string of the molecule is C[C@H](NC(=O)[C@H](O)c1ccccc1)C(=O)Nc1ccc(-c2cc(-c3ccc(NC(=O)[C@H](C)NC(=O)[C@H](O)c4ccccc4)cc3)[nH]n2)cc1. The van der Waals surface area contributed by atoms with E-state index in [0.717, 1.165) is 16.8 Å². The number of hydrogen-bond acceptors (Lipinski definition) is 7. The zero-order chi connectivity index (χ0) is 34.9. The monoisotopic (exact) mass is 660 g/mol. The molecule has 0 saturated heterocycles. The fraction of sp³-hybridized carbons (Fsp3) is 0.162. The molecule has 1 aromatic heterocycles. The highest BCUT2D eigenvalue weighted by atomic mass is 16.3. The number of aliphatic hydroxyl groups is 2. The number of benzene rings is 4. The average Bonchev–Trinajstić information content (AvgIpc) is 3.62. The van der Waals surface area contributed by atoms with E-state index in [4.69, 9.17) is 0 Å². The number of hydrogen-bond donors (Lipinski definition) is 7. The summed E-state index contributed by atoms with van der Waals surface area (Å²) in [5.74, 6) is -2.22. The summed E-state index contributed by atoms with van der Waals surface area (Å²) in [7, 11) is 0. The molecule has 0 fully saturated rings. The molecular formula is C37H36N6O6. The number of rotatable bonds is 12. The molecule has 4 aromatic carbocycles. The standard InChI is InChI=1S/C37H36N6O6/c1-22(38-36(48)32(44)26-9-5-3-6-10-26)34(46)40-28-17-13-24(14-18-28)30-21-31(43-42-30)25-15-19-29(20-16-25)41-35(47)23(2)39-37(49)33(45)27-11-7-4-8-12-27/h3-23,32-33,44-45H,1-2H3,(H,38,48)(H,39,49)(H,40,46)(H,41,47)(H,42,43)/t22-,23-,32+,33+/m0/s1. The Kier molecular flexibility index (Phi) is 10.9. The second-order valence-electron chi connectivity index (χ2n) is 11.4. The maximum Gasteiger partial charge on any atom is 0.254 e. The van der Waals surface area contributed by atoms with Gasteiger partial charge < -0.3 is 31.5 Å². The number of H-pyrrole nitrogens is 1. The molecular weight excluding hydrogens is 624 g/mol. The Hall–Kier alpha value is -6.11. The molecule has 12 nitrogen and oxygen atoms in total. The van der Waals surface area contributed by atoms with Crippen molar-refractivity contribution in [2.24, 2.45) is 0 Å². The van der Waals surface area contributed by atoms with Crippen molar-refractivity contribution in [3.8, 4) is 22.5 Å². The topological polar surface area (TPSA) is 186 Å². The largest absolute Gasteiger partial charge is 0.378 e. The first-order valence-corrected chi connectivity index (χ1v) is 15.5. The third-order valence-electron chi connectivity index (χ3n) is 7.72. The van der Waals surface area contributed by atoms with Crippen molar-refractivity contribution in [2.75, 3.05) is 10.6 Å². The third-order valence-corrected chi connectivity index (χ3v) is 7.72. The number of anilines is 2. The molecule has 0 aliphatic rings. The van der Waals surface area contributed by atoms with Crippen molar-refractivity contribution < 1.29 is 29.4 Å². The van der Waals surface area contributed by atoms with E-state index in [0.29, 0.717) is 28.2 Å². The van der Waals surface area contributed by atoms with E-state index in [2.05, 4.69) is 31.5 Å². The van der Waals surface area contributed by atoms with Crippen molar-refractivity contribution in [1.29, 1.82) is 0 Å². The molecule has 5 aromatic rings. The van der Waals surface area contributed by atoms with Gasteiger partial charge in [0, 0.05) is 16.9 Å². The zero-order valence-corrected chi connectivity index (χ0v) is 26.8. The van der Waals surface area contributed by atoms with Crippen LogP contribution in [0.1, 0.15) is 37.2 Å². The van der Waals surface area contributed by atoms with Gasteiger partial charge in [0.1, 0.15) is 12.1 Å². The normalized spacial score (nSPS) is 13.3. The highest BCUT2D eigenvalue weighted by molar-refractivity contribution is 5.98. The van der Waals surface area contributed by atoms with E-state index in [1.165, 1.54) is 13.8 Å². The molecule has 49 heavy (non-hydrogen) atoms. The van der Waals surface area contributed by atoms with Gasteiger partial charge in [0.25, 0.3) is 11.8 Å². The molecule has 0 radical (unpaired) electrons. The van der Waals surface area contributed by atoms with Crippen LogP contribution in [0.15, 0.2) is 115 Å². The van der Waals surface area contributed by atoms with E-state index < -0.39 is 47.9 Å². The van der Waals surface area contributed by atoms with Crippen LogP contribution in [0.5, 0.6) is 0 Å². The number of aromatic nitrogens is 2. The van der Waals surface area contributed by atoms with Crippen LogP contribution in [0, 0.1) is 0 Å². The summed E-state index contributed by atoms with van der Waals surface area (Å²) in [5.41, 5.74) is 4.94. The Labute approximate surface area is 282 Å². The van der Waals surface area contributed by atoms with Gasteiger partial charge in [0.2, 0.25) is 11.8 Å². The number of amides is 4. The number of nitrogens with zero attached hydrogens (tertiary/aromatic N) is 1. The summed E-state index contributed by atoms with van der Waals surface area (Å²) in [5, 5.41) is 38.5. The van der Waals surface area contributed by atoms with Crippen LogP contribution in [0.2, 0.25) is 0 Å². The van der Waals surface area contributed by atoms with E-state index in [-0.39, 0.29) is 0 Å². The summed E-state index contributed by atoms with van der Waals surface area (Å²) in [6.07, 6.45) is -2.77. The second-order valence-corrected chi connectivity index (χ2v) is 11.4. The molecule has 0 spiro atoms. The van der Waals surface area contributed by atoms with E-state index in [1.807, 2.05) is 18.2 Å². The molecule has 0 aliphatic carbocycles. The number of carbonyl (C=O) groups is 4. The lowest BCUT2D eigenvalue weighted by Gasteiger charge is -2.17. The van der Waals surface area contributed by atoms with E-state index in [9.17, 15) is 29.4 Å². The van der Waals surface area contributed by atoms with Crippen molar-refractivity contribution in [3.05, 3.63) is 126 Å². The summed E-state index contributed by atoms with van der Waals surface area (Å²) in [4.78, 5) is 50.2. The first-order valence-electron chi connectivity index (χ1n) is 15.5. The van der Waals surface area contributed by atoms with Crippen LogP contribution in [-0.4, -0.2) is 56.1 Å². The smallest absolute Gasteiger partial charge is 0.254 e. The predicted molar refractivity (Wildman–Crippen MR) is 185 cm³/mol. The molecule has 250 valence electrons. The molecule has 0 bridgehead atoms. The maximum absolute atomic E-state index is 12.7. The molecule has 12 heteroatoms. The molecule has 4 atom stereocenters. The first-order chi connectivity index (χ1) is 23.6. The molecule has 1 heterocycles. The van der Waals surface area contributed by atoms with Gasteiger partial charge in [-0.25, -0.2) is 0 Å². The predicted octanol–water partition coefficient (Wildman–Crippen LogP) is 4.10. The Bertz CT molecular complexity index is 1760. The van der Waals surface area contributed by atoms with Crippen LogP contribution in [-0.2, 0) is 19.2 Å². The van der Waals surface area contributed by atoms with Crippen LogP contribution >= 0.6 is 0 Å².